The topological polar surface area (TPSA) is 88.6 Å². The van der Waals surface area contributed by atoms with Gasteiger partial charge in [-0.05, 0) is 6.07 Å². The first kappa shape index (κ1) is 10.9. The molecule has 0 fully saturated rings. The van der Waals surface area contributed by atoms with Gasteiger partial charge in [0.1, 0.15) is 0 Å². The lowest BCUT2D eigenvalue weighted by atomic mass is 10.1. The number of hydrogen-bond donors (Lipinski definition) is 3. The minimum atomic E-state index is -0.904. The fourth-order valence-electron chi connectivity index (χ4n) is 1.03. The van der Waals surface area contributed by atoms with Gasteiger partial charge in [-0.2, -0.15) is 0 Å². The molecule has 2 unspecified atom stereocenters. The van der Waals surface area contributed by atoms with Crippen LogP contribution in [0.15, 0.2) is 18.3 Å². The van der Waals surface area contributed by atoms with Gasteiger partial charge in [-0.3, -0.25) is 0 Å². The minimum Gasteiger partial charge on any atom is -0.481 e. The van der Waals surface area contributed by atoms with Crippen LogP contribution in [0.2, 0.25) is 0 Å². The molecule has 0 aromatic carbocycles. The van der Waals surface area contributed by atoms with Crippen molar-refractivity contribution in [1.29, 1.82) is 0 Å². The van der Waals surface area contributed by atoms with Crippen molar-refractivity contribution in [3.8, 4) is 5.88 Å². The molecule has 0 bridgehead atoms. The molecule has 5 nitrogen and oxygen atoms in total. The number of hydrogen-bond acceptors (Lipinski definition) is 5. The van der Waals surface area contributed by atoms with Crippen molar-refractivity contribution >= 4 is 0 Å². The zero-order valence-electron chi connectivity index (χ0n) is 7.92. The normalized spacial score (nSPS) is 14.9. The molecule has 0 aliphatic carbocycles. The van der Waals surface area contributed by atoms with E-state index < -0.39 is 12.1 Å². The number of aliphatic hydroxyl groups is 2. The molecule has 0 radical (unpaired) electrons. The SMILES string of the molecule is COc1ccc(C(O)C(N)CO)cn1. The molecule has 0 amide bonds. The Bertz CT molecular complexity index is 276. The summed E-state index contributed by atoms with van der Waals surface area (Å²) in [4.78, 5) is 3.92. The lowest BCUT2D eigenvalue weighted by molar-refractivity contribution is 0.109. The maximum Gasteiger partial charge on any atom is 0.212 e. The highest BCUT2D eigenvalue weighted by molar-refractivity contribution is 5.20. The van der Waals surface area contributed by atoms with E-state index >= 15 is 0 Å². The van der Waals surface area contributed by atoms with Gasteiger partial charge in [-0.25, -0.2) is 4.98 Å². The Kier molecular flexibility index (Phi) is 3.82. The molecule has 0 saturated heterocycles. The van der Waals surface area contributed by atoms with E-state index in [1.165, 1.54) is 13.3 Å². The van der Waals surface area contributed by atoms with Crippen LogP contribution in [0.5, 0.6) is 5.88 Å². The van der Waals surface area contributed by atoms with E-state index in [4.69, 9.17) is 15.6 Å². The number of methoxy groups -OCH3 is 1. The highest BCUT2D eigenvalue weighted by Gasteiger charge is 2.16. The number of pyridine rings is 1. The largest absolute Gasteiger partial charge is 0.481 e. The number of nitrogens with zero attached hydrogens (tertiary/aromatic N) is 1. The number of nitrogens with two attached hydrogens (primary N) is 1. The number of rotatable bonds is 4. The van der Waals surface area contributed by atoms with Gasteiger partial charge in [0.2, 0.25) is 5.88 Å². The summed E-state index contributed by atoms with van der Waals surface area (Å²) in [5.41, 5.74) is 6.02. The number of aliphatic hydroxyl groups excluding tert-OH is 2. The summed E-state index contributed by atoms with van der Waals surface area (Å²) in [6.07, 6.45) is 0.567. The highest BCUT2D eigenvalue weighted by atomic mass is 16.5. The Morgan fingerprint density at radius 3 is 2.71 bits per heavy atom. The maximum atomic E-state index is 9.59. The highest BCUT2D eigenvalue weighted by Crippen LogP contribution is 2.16. The predicted molar refractivity (Wildman–Crippen MR) is 50.8 cm³/mol. The van der Waals surface area contributed by atoms with E-state index in [0.717, 1.165) is 0 Å². The van der Waals surface area contributed by atoms with Crippen molar-refractivity contribution in [3.63, 3.8) is 0 Å². The van der Waals surface area contributed by atoms with Crippen molar-refractivity contribution in [1.82, 2.24) is 4.98 Å². The zero-order valence-corrected chi connectivity index (χ0v) is 7.92. The summed E-state index contributed by atoms with van der Waals surface area (Å²) in [6, 6.07) is 2.60. The van der Waals surface area contributed by atoms with E-state index in [-0.39, 0.29) is 6.61 Å². The number of aromatic nitrogens is 1. The molecule has 78 valence electrons. The Balaban J connectivity index is 2.75. The van der Waals surface area contributed by atoms with Crippen molar-refractivity contribution < 1.29 is 14.9 Å². The Morgan fingerprint density at radius 1 is 1.57 bits per heavy atom. The third-order valence-corrected chi connectivity index (χ3v) is 1.93. The average molecular weight is 198 g/mol. The van der Waals surface area contributed by atoms with E-state index in [1.807, 2.05) is 0 Å². The molecular weight excluding hydrogens is 184 g/mol. The van der Waals surface area contributed by atoms with Gasteiger partial charge >= 0.3 is 0 Å². The smallest absolute Gasteiger partial charge is 0.212 e. The fourth-order valence-corrected chi connectivity index (χ4v) is 1.03. The maximum absolute atomic E-state index is 9.59. The first-order chi connectivity index (χ1) is 6.69. The lowest BCUT2D eigenvalue weighted by Crippen LogP contribution is -2.31. The summed E-state index contributed by atoms with van der Waals surface area (Å²) >= 11 is 0. The van der Waals surface area contributed by atoms with Crippen LogP contribution in [0.4, 0.5) is 0 Å². The van der Waals surface area contributed by atoms with Crippen molar-refractivity contribution in [2.24, 2.45) is 5.73 Å². The summed E-state index contributed by atoms with van der Waals surface area (Å²) in [6.45, 7) is -0.271. The van der Waals surface area contributed by atoms with Gasteiger partial charge in [0.05, 0.1) is 25.9 Å². The quantitative estimate of drug-likeness (QED) is 0.603. The van der Waals surface area contributed by atoms with Crippen molar-refractivity contribution in [2.45, 2.75) is 12.1 Å². The Labute approximate surface area is 82.2 Å². The zero-order chi connectivity index (χ0) is 10.6. The average Bonchev–Trinajstić information content (AvgIpc) is 2.27. The second kappa shape index (κ2) is 4.90. The molecule has 2 atom stereocenters. The first-order valence-electron chi connectivity index (χ1n) is 4.23. The fraction of sp³-hybridized carbons (Fsp3) is 0.444. The van der Waals surface area contributed by atoms with Gasteiger partial charge in [0.25, 0.3) is 0 Å². The van der Waals surface area contributed by atoms with Crippen molar-refractivity contribution in [3.05, 3.63) is 23.9 Å². The van der Waals surface area contributed by atoms with Crippen LogP contribution in [0.3, 0.4) is 0 Å². The van der Waals surface area contributed by atoms with E-state index in [9.17, 15) is 5.11 Å². The summed E-state index contributed by atoms with van der Waals surface area (Å²) in [5.74, 6) is 0.471. The molecule has 0 aliphatic rings. The molecule has 0 spiro atoms. The van der Waals surface area contributed by atoms with Crippen LogP contribution in [0.1, 0.15) is 11.7 Å². The second-order valence-electron chi connectivity index (χ2n) is 2.93. The third-order valence-electron chi connectivity index (χ3n) is 1.93. The summed E-state index contributed by atoms with van der Waals surface area (Å²) < 4.78 is 4.86. The van der Waals surface area contributed by atoms with Crippen LogP contribution < -0.4 is 10.5 Å². The van der Waals surface area contributed by atoms with Crippen LogP contribution in [-0.2, 0) is 0 Å². The molecule has 0 saturated carbocycles. The summed E-state index contributed by atoms with van der Waals surface area (Å²) in [5, 5.41) is 18.3. The standard InChI is InChI=1S/C9H14N2O3/c1-14-8-3-2-6(4-11-8)9(13)7(10)5-12/h2-4,7,9,12-13H,5,10H2,1H3. The molecule has 0 aliphatic heterocycles. The molecule has 1 aromatic heterocycles. The molecule has 5 heteroatoms. The van der Waals surface area contributed by atoms with Gasteiger partial charge in [0, 0.05) is 17.8 Å². The summed E-state index contributed by atoms with van der Waals surface area (Å²) in [7, 11) is 1.51. The third kappa shape index (κ3) is 2.41. The van der Waals surface area contributed by atoms with Crippen molar-refractivity contribution in [2.75, 3.05) is 13.7 Å². The van der Waals surface area contributed by atoms with Crippen LogP contribution in [-0.4, -0.2) is 35.0 Å². The molecule has 14 heavy (non-hydrogen) atoms. The van der Waals surface area contributed by atoms with Crippen LogP contribution >= 0.6 is 0 Å². The van der Waals surface area contributed by atoms with Gasteiger partial charge in [-0.1, -0.05) is 0 Å². The minimum absolute atomic E-state index is 0.271. The molecular formula is C9H14N2O3. The Hall–Kier alpha value is -1.17. The van der Waals surface area contributed by atoms with Gasteiger partial charge in [0.15, 0.2) is 0 Å². The van der Waals surface area contributed by atoms with Gasteiger partial charge in [-0.15, -0.1) is 0 Å². The molecule has 1 heterocycles. The predicted octanol–water partition coefficient (Wildman–Crippen LogP) is -0.557. The molecule has 4 N–H and O–H groups in total. The Morgan fingerprint density at radius 2 is 2.29 bits per heavy atom. The molecule has 1 aromatic rings. The van der Waals surface area contributed by atoms with Crippen LogP contribution in [0.25, 0.3) is 0 Å². The second-order valence-corrected chi connectivity index (χ2v) is 2.93. The van der Waals surface area contributed by atoms with E-state index in [2.05, 4.69) is 4.98 Å². The number of ether oxygens (including phenoxy) is 1. The van der Waals surface area contributed by atoms with Gasteiger partial charge < -0.3 is 20.7 Å². The molecule has 1 rings (SSSR count). The van der Waals surface area contributed by atoms with E-state index in [0.29, 0.717) is 11.4 Å². The first-order valence-corrected chi connectivity index (χ1v) is 4.23. The lowest BCUT2D eigenvalue weighted by Gasteiger charge is -2.16. The van der Waals surface area contributed by atoms with E-state index in [1.54, 1.807) is 12.1 Å². The monoisotopic (exact) mass is 198 g/mol. The van der Waals surface area contributed by atoms with Crippen LogP contribution in [0, 0.1) is 0 Å².